The van der Waals surface area contributed by atoms with Crippen LogP contribution in [-0.4, -0.2) is 27.5 Å². The van der Waals surface area contributed by atoms with Crippen LogP contribution < -0.4 is 5.56 Å². The van der Waals surface area contributed by atoms with Crippen LogP contribution in [0.3, 0.4) is 0 Å². The van der Waals surface area contributed by atoms with Crippen molar-refractivity contribution >= 4 is 0 Å². The van der Waals surface area contributed by atoms with E-state index in [1.54, 1.807) is 18.3 Å². The molecule has 2 aliphatic rings. The fourth-order valence-electron chi connectivity index (χ4n) is 5.69. The maximum absolute atomic E-state index is 14.8. The maximum atomic E-state index is 14.8. The molecule has 0 N–H and O–H groups in total. The molecule has 6 rings (SSSR count). The van der Waals surface area contributed by atoms with Crippen molar-refractivity contribution in [3.05, 3.63) is 135 Å². The minimum atomic E-state index is -1.27. The number of pyridine rings is 2. The van der Waals surface area contributed by atoms with Crippen molar-refractivity contribution in [2.45, 2.75) is 37.6 Å². The van der Waals surface area contributed by atoms with Crippen LogP contribution in [0.5, 0.6) is 0 Å². The summed E-state index contributed by atoms with van der Waals surface area (Å²) < 4.78 is 50.2. The van der Waals surface area contributed by atoms with Crippen molar-refractivity contribution in [3.8, 4) is 0 Å². The summed E-state index contributed by atoms with van der Waals surface area (Å²) >= 11 is 0. The van der Waals surface area contributed by atoms with E-state index in [0.717, 1.165) is 44.1 Å². The van der Waals surface area contributed by atoms with Crippen LogP contribution in [0.2, 0.25) is 0 Å². The third-order valence-corrected chi connectivity index (χ3v) is 7.73. The fraction of sp³-hybridized carbons (Fsp3) is 0.267. The molecular weight excluding hydrogens is 491 g/mol. The van der Waals surface area contributed by atoms with Gasteiger partial charge < -0.3 is 9.30 Å². The normalized spacial score (nSPS) is 17.4. The van der Waals surface area contributed by atoms with Gasteiger partial charge in [0.1, 0.15) is 5.82 Å². The van der Waals surface area contributed by atoms with E-state index < -0.39 is 23.5 Å². The number of aromatic nitrogens is 2. The Labute approximate surface area is 218 Å². The Kier molecular flexibility index (Phi) is 6.37. The zero-order chi connectivity index (χ0) is 26.3. The number of fused-ring (bicyclic) bond motifs is 2. The van der Waals surface area contributed by atoms with Crippen LogP contribution in [0.25, 0.3) is 0 Å². The second-order valence-corrected chi connectivity index (χ2v) is 9.97. The lowest BCUT2D eigenvalue weighted by Crippen LogP contribution is -2.42. The Morgan fingerprint density at radius 3 is 2.47 bits per heavy atom. The average Bonchev–Trinajstić information content (AvgIpc) is 3.28. The van der Waals surface area contributed by atoms with Crippen molar-refractivity contribution in [1.29, 1.82) is 0 Å². The minimum Gasteiger partial charge on any atom is -0.365 e. The molecule has 1 spiro atoms. The predicted octanol–water partition coefficient (Wildman–Crippen LogP) is 5.32. The molecular formula is C30H26F3N3O2. The summed E-state index contributed by atoms with van der Waals surface area (Å²) in [6.07, 6.45) is 7.03. The van der Waals surface area contributed by atoms with E-state index in [0.29, 0.717) is 18.2 Å². The summed E-state index contributed by atoms with van der Waals surface area (Å²) in [4.78, 5) is 19.3. The van der Waals surface area contributed by atoms with Crippen LogP contribution in [0.1, 0.15) is 46.7 Å². The summed E-state index contributed by atoms with van der Waals surface area (Å²) in [7, 11) is 0. The van der Waals surface area contributed by atoms with E-state index in [1.807, 2.05) is 36.5 Å². The summed E-state index contributed by atoms with van der Waals surface area (Å²) in [5, 5.41) is 0. The van der Waals surface area contributed by atoms with Gasteiger partial charge in [-0.05, 0) is 47.7 Å². The lowest BCUT2D eigenvalue weighted by Gasteiger charge is -2.39. The monoisotopic (exact) mass is 517 g/mol. The van der Waals surface area contributed by atoms with Crippen molar-refractivity contribution in [3.63, 3.8) is 0 Å². The first-order valence-electron chi connectivity index (χ1n) is 12.6. The first-order chi connectivity index (χ1) is 18.4. The molecule has 38 heavy (non-hydrogen) atoms. The van der Waals surface area contributed by atoms with Crippen molar-refractivity contribution in [2.24, 2.45) is 0 Å². The molecule has 1 saturated heterocycles. The summed E-state index contributed by atoms with van der Waals surface area (Å²) in [6, 6.07) is 14.5. The number of halogens is 3. The molecule has 1 fully saturated rings. The van der Waals surface area contributed by atoms with Gasteiger partial charge in [-0.15, -0.1) is 0 Å². The summed E-state index contributed by atoms with van der Waals surface area (Å²) in [6.45, 7) is 3.10. The fourth-order valence-corrected chi connectivity index (χ4v) is 5.69. The number of ether oxygens (including phenoxy) is 1. The van der Waals surface area contributed by atoms with Crippen molar-refractivity contribution in [2.75, 3.05) is 13.1 Å². The predicted molar refractivity (Wildman–Crippen MR) is 136 cm³/mol. The number of hydrogen-bond donors (Lipinski definition) is 0. The number of nitrogens with zero attached hydrogens (tertiary/aromatic N) is 3. The Morgan fingerprint density at radius 1 is 0.947 bits per heavy atom. The molecule has 8 heteroatoms. The second kappa shape index (κ2) is 9.85. The molecule has 2 aromatic carbocycles. The van der Waals surface area contributed by atoms with Gasteiger partial charge in [0.25, 0.3) is 5.56 Å². The van der Waals surface area contributed by atoms with E-state index >= 15 is 0 Å². The highest BCUT2D eigenvalue weighted by atomic mass is 19.2. The van der Waals surface area contributed by atoms with Gasteiger partial charge in [-0.25, -0.2) is 13.2 Å². The Bertz CT molecular complexity index is 1530. The van der Waals surface area contributed by atoms with Gasteiger partial charge in [0, 0.05) is 61.5 Å². The molecule has 2 aromatic heterocycles. The zero-order valence-corrected chi connectivity index (χ0v) is 20.6. The molecule has 0 bridgehead atoms. The van der Waals surface area contributed by atoms with Crippen LogP contribution in [0.4, 0.5) is 13.2 Å². The number of likely N-dealkylation sites (tertiary alicyclic amines) is 1. The molecule has 1 unspecified atom stereocenters. The van der Waals surface area contributed by atoms with Crippen LogP contribution in [-0.2, 0) is 23.5 Å². The first-order valence-corrected chi connectivity index (χ1v) is 12.6. The van der Waals surface area contributed by atoms with E-state index in [9.17, 15) is 18.0 Å². The largest absolute Gasteiger partial charge is 0.365 e. The Hall–Kier alpha value is -3.75. The number of rotatable bonds is 5. The molecule has 4 aromatic rings. The van der Waals surface area contributed by atoms with Gasteiger partial charge >= 0.3 is 0 Å². The summed E-state index contributed by atoms with van der Waals surface area (Å²) in [5.41, 5.74) is 3.33. The standard InChI is InChI=1S/C30H26F3N3O2/c31-25-16-27(33)26(32)15-23(25)29(36-12-2-1-3-28(36)37)21-6-4-20(5-7-21)18-35-13-9-30(10-14-35)24-17-34-11-8-22(24)19-38-30/h1-8,11-12,15-17,29H,9-10,13-14,18-19H2. The van der Waals surface area contributed by atoms with Crippen LogP contribution >= 0.6 is 0 Å². The SMILES string of the molecule is O=c1ccccn1C(c1ccc(CN2CCC3(CC2)OCc2ccncc23)cc1)c1cc(F)c(F)cc1F. The Balaban J connectivity index is 1.22. The van der Waals surface area contributed by atoms with Crippen LogP contribution in [0.15, 0.2) is 84.0 Å². The Morgan fingerprint density at radius 2 is 1.71 bits per heavy atom. The highest BCUT2D eigenvalue weighted by Gasteiger charge is 2.42. The highest BCUT2D eigenvalue weighted by molar-refractivity contribution is 5.37. The molecule has 1 atom stereocenters. The summed E-state index contributed by atoms with van der Waals surface area (Å²) in [5.74, 6) is -3.35. The van der Waals surface area contributed by atoms with Gasteiger partial charge in [-0.1, -0.05) is 30.3 Å². The molecule has 2 aliphatic heterocycles. The zero-order valence-electron chi connectivity index (χ0n) is 20.6. The quantitative estimate of drug-likeness (QED) is 0.336. The highest BCUT2D eigenvalue weighted by Crippen LogP contribution is 2.43. The lowest BCUT2D eigenvalue weighted by atomic mass is 9.84. The van der Waals surface area contributed by atoms with Gasteiger partial charge in [0.05, 0.1) is 18.2 Å². The van der Waals surface area contributed by atoms with Gasteiger partial charge in [0.15, 0.2) is 11.6 Å². The van der Waals surface area contributed by atoms with E-state index in [-0.39, 0.29) is 16.7 Å². The number of hydrogen-bond acceptors (Lipinski definition) is 4. The van der Waals surface area contributed by atoms with Gasteiger partial charge in [-0.3, -0.25) is 14.7 Å². The van der Waals surface area contributed by atoms with E-state index in [4.69, 9.17) is 4.74 Å². The second-order valence-electron chi connectivity index (χ2n) is 9.97. The first kappa shape index (κ1) is 24.6. The number of benzene rings is 2. The third-order valence-electron chi connectivity index (χ3n) is 7.73. The smallest absolute Gasteiger partial charge is 0.251 e. The van der Waals surface area contributed by atoms with Crippen molar-refractivity contribution in [1.82, 2.24) is 14.5 Å². The molecule has 5 nitrogen and oxygen atoms in total. The van der Waals surface area contributed by atoms with Crippen molar-refractivity contribution < 1.29 is 17.9 Å². The maximum Gasteiger partial charge on any atom is 0.251 e. The molecule has 0 amide bonds. The van der Waals surface area contributed by atoms with E-state index in [2.05, 4.69) is 9.88 Å². The van der Waals surface area contributed by atoms with Crippen LogP contribution in [0, 0.1) is 17.5 Å². The molecule has 4 heterocycles. The average molecular weight is 518 g/mol. The molecule has 0 radical (unpaired) electrons. The van der Waals surface area contributed by atoms with Gasteiger partial charge in [0.2, 0.25) is 0 Å². The lowest BCUT2D eigenvalue weighted by molar-refractivity contribution is -0.0800. The van der Waals surface area contributed by atoms with E-state index in [1.165, 1.54) is 28.0 Å². The third kappa shape index (κ3) is 4.44. The number of piperidine rings is 1. The molecule has 194 valence electrons. The topological polar surface area (TPSA) is 47.4 Å². The molecule has 0 saturated carbocycles. The van der Waals surface area contributed by atoms with Gasteiger partial charge in [-0.2, -0.15) is 0 Å². The minimum absolute atomic E-state index is 0.113. The molecule has 0 aliphatic carbocycles.